The fourth-order valence-electron chi connectivity index (χ4n) is 3.06. The largest absolute Gasteiger partial charge is 0.351 e. The van der Waals surface area contributed by atoms with Gasteiger partial charge in [0.25, 0.3) is 0 Å². The van der Waals surface area contributed by atoms with Gasteiger partial charge in [-0.2, -0.15) is 0 Å². The molecule has 1 aromatic carbocycles. The monoisotopic (exact) mass is 361 g/mol. The summed E-state index contributed by atoms with van der Waals surface area (Å²) in [5.74, 6) is -0.232. The zero-order chi connectivity index (χ0) is 16.1. The van der Waals surface area contributed by atoms with E-state index in [-0.39, 0.29) is 17.9 Å². The van der Waals surface area contributed by atoms with Crippen LogP contribution in [0.5, 0.6) is 0 Å². The lowest BCUT2D eigenvalue weighted by atomic mass is 9.83. The third kappa shape index (κ3) is 2.63. The molecule has 7 heteroatoms. The summed E-state index contributed by atoms with van der Waals surface area (Å²) in [6.45, 7) is 0. The molecule has 0 aliphatic heterocycles. The fourth-order valence-corrected chi connectivity index (χ4v) is 5.04. The van der Waals surface area contributed by atoms with Crippen molar-refractivity contribution in [3.63, 3.8) is 0 Å². The number of rotatable bonds is 4. The standard InChI is InChI=1S/C15H17Cl2NO3S/c1-22(20,21)15(5-2-6-15)14(19)18-13-8-11(13)10-4-3-9(16)7-12(10)17/h3-4,7,11,13H,2,5-6,8H2,1H3,(H,18,19)/t11-,13+/m0/s1. The van der Waals surface area contributed by atoms with Crippen molar-refractivity contribution in [1.82, 2.24) is 5.32 Å². The van der Waals surface area contributed by atoms with Gasteiger partial charge < -0.3 is 5.32 Å². The normalized spacial score (nSPS) is 26.1. The fraction of sp³-hybridized carbons (Fsp3) is 0.533. The van der Waals surface area contributed by atoms with Gasteiger partial charge in [-0.25, -0.2) is 8.42 Å². The van der Waals surface area contributed by atoms with E-state index >= 15 is 0 Å². The molecule has 0 unspecified atom stereocenters. The minimum atomic E-state index is -3.40. The molecule has 22 heavy (non-hydrogen) atoms. The number of carbonyl (C=O) groups excluding carboxylic acids is 1. The minimum Gasteiger partial charge on any atom is -0.351 e. The Morgan fingerprint density at radius 1 is 1.32 bits per heavy atom. The van der Waals surface area contributed by atoms with Gasteiger partial charge in [0.15, 0.2) is 9.84 Å². The van der Waals surface area contributed by atoms with E-state index in [9.17, 15) is 13.2 Å². The molecule has 0 saturated heterocycles. The molecule has 0 radical (unpaired) electrons. The number of benzene rings is 1. The first-order valence-corrected chi connectivity index (χ1v) is 9.85. The summed E-state index contributed by atoms with van der Waals surface area (Å²) in [5, 5.41) is 4.03. The Morgan fingerprint density at radius 2 is 2.00 bits per heavy atom. The molecule has 2 atom stereocenters. The third-order valence-electron chi connectivity index (χ3n) is 4.75. The molecule has 0 bridgehead atoms. The number of hydrogen-bond donors (Lipinski definition) is 1. The molecule has 1 amide bonds. The quantitative estimate of drug-likeness (QED) is 0.896. The molecule has 1 N–H and O–H groups in total. The predicted octanol–water partition coefficient (Wildman–Crippen LogP) is 2.93. The van der Waals surface area contributed by atoms with Crippen molar-refractivity contribution in [2.24, 2.45) is 0 Å². The molecular formula is C15H17Cl2NO3S. The van der Waals surface area contributed by atoms with Gasteiger partial charge >= 0.3 is 0 Å². The Labute approximate surface area is 140 Å². The van der Waals surface area contributed by atoms with Crippen LogP contribution in [0.3, 0.4) is 0 Å². The summed E-state index contributed by atoms with van der Waals surface area (Å²) in [6.07, 6.45) is 3.52. The molecule has 120 valence electrons. The molecule has 0 aromatic heterocycles. The highest BCUT2D eigenvalue weighted by Crippen LogP contribution is 2.46. The summed E-state index contributed by atoms with van der Waals surface area (Å²) in [7, 11) is -3.40. The zero-order valence-electron chi connectivity index (χ0n) is 12.1. The average Bonchev–Trinajstić information content (AvgIpc) is 3.04. The topological polar surface area (TPSA) is 63.2 Å². The maximum absolute atomic E-state index is 12.4. The van der Waals surface area contributed by atoms with Crippen molar-refractivity contribution in [3.8, 4) is 0 Å². The van der Waals surface area contributed by atoms with Crippen LogP contribution in [0.4, 0.5) is 0 Å². The van der Waals surface area contributed by atoms with Gasteiger partial charge in [0.05, 0.1) is 0 Å². The van der Waals surface area contributed by atoms with Gasteiger partial charge in [-0.1, -0.05) is 29.3 Å². The summed E-state index contributed by atoms with van der Waals surface area (Å²) >= 11 is 12.1. The van der Waals surface area contributed by atoms with Crippen LogP contribution < -0.4 is 5.32 Å². The first kappa shape index (κ1) is 16.1. The van der Waals surface area contributed by atoms with Gasteiger partial charge in [-0.15, -0.1) is 0 Å². The Bertz CT molecular complexity index is 728. The number of sulfone groups is 1. The Balaban J connectivity index is 1.70. The molecular weight excluding hydrogens is 345 g/mol. The highest BCUT2D eigenvalue weighted by atomic mass is 35.5. The molecule has 3 rings (SSSR count). The third-order valence-corrected chi connectivity index (χ3v) is 7.33. The molecule has 0 spiro atoms. The van der Waals surface area contributed by atoms with Gasteiger partial charge in [0.2, 0.25) is 5.91 Å². The molecule has 2 fully saturated rings. The molecule has 0 heterocycles. The Kier molecular flexibility index (Phi) is 3.94. The summed E-state index contributed by atoms with van der Waals surface area (Å²) < 4.78 is 22.6. The van der Waals surface area contributed by atoms with Crippen LogP contribution in [0.1, 0.15) is 37.2 Å². The Morgan fingerprint density at radius 3 is 2.50 bits per heavy atom. The number of nitrogens with one attached hydrogen (secondary N) is 1. The van der Waals surface area contributed by atoms with E-state index in [1.807, 2.05) is 6.07 Å². The highest BCUT2D eigenvalue weighted by Gasteiger charge is 2.54. The number of hydrogen-bond acceptors (Lipinski definition) is 3. The summed E-state index contributed by atoms with van der Waals surface area (Å²) in [5.41, 5.74) is 0.943. The zero-order valence-corrected chi connectivity index (χ0v) is 14.4. The lowest BCUT2D eigenvalue weighted by Gasteiger charge is -2.38. The lowest BCUT2D eigenvalue weighted by molar-refractivity contribution is -0.125. The molecule has 2 saturated carbocycles. The Hall–Kier alpha value is -0.780. The van der Waals surface area contributed by atoms with Gasteiger partial charge in [0, 0.05) is 28.3 Å². The van der Waals surface area contributed by atoms with Crippen LogP contribution >= 0.6 is 23.2 Å². The second kappa shape index (κ2) is 5.39. The van der Waals surface area contributed by atoms with E-state index in [4.69, 9.17) is 23.2 Å². The molecule has 2 aliphatic carbocycles. The highest BCUT2D eigenvalue weighted by molar-refractivity contribution is 7.93. The average molecular weight is 362 g/mol. The van der Waals surface area contributed by atoms with E-state index in [0.29, 0.717) is 22.9 Å². The molecule has 1 aromatic rings. The summed E-state index contributed by atoms with van der Waals surface area (Å²) in [6, 6.07) is 5.26. The molecule has 2 aliphatic rings. The van der Waals surface area contributed by atoms with Crippen molar-refractivity contribution in [3.05, 3.63) is 33.8 Å². The second-order valence-corrected chi connectivity index (χ2v) is 9.38. The van der Waals surface area contributed by atoms with Crippen LogP contribution in [0.2, 0.25) is 10.0 Å². The van der Waals surface area contributed by atoms with Crippen LogP contribution in [0.25, 0.3) is 0 Å². The van der Waals surface area contributed by atoms with Crippen molar-refractivity contribution in [1.29, 1.82) is 0 Å². The maximum atomic E-state index is 12.4. The minimum absolute atomic E-state index is 0.0506. The van der Waals surface area contributed by atoms with Crippen LogP contribution in [-0.2, 0) is 14.6 Å². The van der Waals surface area contributed by atoms with E-state index in [0.717, 1.165) is 24.7 Å². The first-order chi connectivity index (χ1) is 10.2. The van der Waals surface area contributed by atoms with Crippen LogP contribution in [0, 0.1) is 0 Å². The van der Waals surface area contributed by atoms with Crippen molar-refractivity contribution in [2.75, 3.05) is 6.26 Å². The van der Waals surface area contributed by atoms with Crippen molar-refractivity contribution >= 4 is 38.9 Å². The van der Waals surface area contributed by atoms with Crippen molar-refractivity contribution < 1.29 is 13.2 Å². The van der Waals surface area contributed by atoms with E-state index in [1.54, 1.807) is 12.1 Å². The van der Waals surface area contributed by atoms with Gasteiger partial charge in [-0.3, -0.25) is 4.79 Å². The van der Waals surface area contributed by atoms with E-state index in [1.165, 1.54) is 0 Å². The van der Waals surface area contributed by atoms with E-state index < -0.39 is 14.6 Å². The second-order valence-electron chi connectivity index (χ2n) is 6.21. The lowest BCUT2D eigenvalue weighted by Crippen LogP contribution is -2.57. The number of halogens is 2. The number of amides is 1. The van der Waals surface area contributed by atoms with Crippen molar-refractivity contribution in [2.45, 2.75) is 42.4 Å². The SMILES string of the molecule is CS(=O)(=O)C1(C(=O)N[C@@H]2C[C@H]2c2ccc(Cl)cc2Cl)CCC1. The maximum Gasteiger partial charge on any atom is 0.241 e. The molecule has 4 nitrogen and oxygen atoms in total. The predicted molar refractivity (Wildman–Crippen MR) is 87.2 cm³/mol. The number of carbonyl (C=O) groups is 1. The smallest absolute Gasteiger partial charge is 0.241 e. The van der Waals surface area contributed by atoms with Gasteiger partial charge in [0.1, 0.15) is 4.75 Å². The van der Waals surface area contributed by atoms with E-state index in [2.05, 4.69) is 5.32 Å². The van der Waals surface area contributed by atoms with Gasteiger partial charge in [-0.05, 0) is 43.4 Å². The van der Waals surface area contributed by atoms with Crippen LogP contribution in [-0.4, -0.2) is 31.4 Å². The first-order valence-electron chi connectivity index (χ1n) is 7.20. The summed E-state index contributed by atoms with van der Waals surface area (Å²) in [4.78, 5) is 12.4. The van der Waals surface area contributed by atoms with Crippen LogP contribution in [0.15, 0.2) is 18.2 Å².